The standard InChI is InChI=1S/C79H144O5/c1-3-5-7-9-11-13-15-17-19-21-23-25-27-29-31-33-35-36-37-38-39-40-41-42-44-46-48-50-52-54-56-58-60-62-64-66-68-70-72-74-79(82)84-77(75-80)76-83-78(81)73-71-69-67-65-63-61-59-57-55-53-51-49-47-45-43-34-32-30-28-26-24-22-20-18-16-14-12-10-8-6-4-2/h5,7,11,13,16-19,22-25,77,80H,3-4,6,8-10,12,14-15,20-21,26-76H2,1-2H3/b7-5-,13-11-,18-16-,19-17-,24-22-,25-23-. The summed E-state index contributed by atoms with van der Waals surface area (Å²) in [5, 5.41) is 9.72. The molecule has 0 spiro atoms. The molecule has 0 aromatic heterocycles. The molecule has 0 fully saturated rings. The van der Waals surface area contributed by atoms with Crippen molar-refractivity contribution in [3.63, 3.8) is 0 Å². The molecule has 0 bridgehead atoms. The lowest BCUT2D eigenvalue weighted by molar-refractivity contribution is -0.161. The van der Waals surface area contributed by atoms with E-state index in [1.165, 1.54) is 302 Å². The minimum absolute atomic E-state index is 0.0607. The van der Waals surface area contributed by atoms with Crippen LogP contribution in [-0.4, -0.2) is 36.4 Å². The number of carbonyl (C=O) groups excluding carboxylic acids is 2. The maximum absolute atomic E-state index is 12.4. The van der Waals surface area contributed by atoms with Crippen molar-refractivity contribution in [2.75, 3.05) is 13.2 Å². The lowest BCUT2D eigenvalue weighted by Gasteiger charge is -2.15. The molecule has 0 radical (unpaired) electrons. The quantitative estimate of drug-likeness (QED) is 0.0373. The molecule has 0 aromatic carbocycles. The second-order valence-electron chi connectivity index (χ2n) is 25.3. The third kappa shape index (κ3) is 71.8. The van der Waals surface area contributed by atoms with Gasteiger partial charge in [0.1, 0.15) is 6.61 Å². The SMILES string of the molecule is CC/C=C\C/C=C\C/C=C\C/C=C\CCCCCCCCCCCCCCCCCCCCCCCCCCCCC(=O)OC(CO)COC(=O)CCCCCCCCCCCCCCCCCCCCC/C=C\C/C=C\CCCCCCC. The second kappa shape index (κ2) is 74.6. The molecular formula is C79H144O5. The first-order chi connectivity index (χ1) is 41.6. The first-order valence-corrected chi connectivity index (χ1v) is 37.5. The zero-order chi connectivity index (χ0) is 60.5. The number of allylic oxidation sites excluding steroid dienone is 12. The Hall–Kier alpha value is -2.66. The van der Waals surface area contributed by atoms with Crippen LogP contribution in [0.2, 0.25) is 0 Å². The zero-order valence-electron chi connectivity index (χ0n) is 56.4. The molecule has 5 nitrogen and oxygen atoms in total. The molecule has 0 aliphatic carbocycles. The molecule has 84 heavy (non-hydrogen) atoms. The highest BCUT2D eigenvalue weighted by atomic mass is 16.6. The fourth-order valence-electron chi connectivity index (χ4n) is 11.4. The number of unbranched alkanes of at least 4 members (excludes halogenated alkanes) is 50. The van der Waals surface area contributed by atoms with Gasteiger partial charge in [0, 0.05) is 12.8 Å². The Bertz CT molecular complexity index is 1470. The number of hydrogen-bond donors (Lipinski definition) is 1. The van der Waals surface area contributed by atoms with Crippen molar-refractivity contribution in [1.82, 2.24) is 0 Å². The molecule has 0 saturated carbocycles. The Balaban J connectivity index is 3.38. The topological polar surface area (TPSA) is 72.8 Å². The molecule has 0 aromatic rings. The lowest BCUT2D eigenvalue weighted by Crippen LogP contribution is -2.28. The highest BCUT2D eigenvalue weighted by molar-refractivity contribution is 5.70. The van der Waals surface area contributed by atoms with E-state index in [1.54, 1.807) is 0 Å². The van der Waals surface area contributed by atoms with Gasteiger partial charge in [0.25, 0.3) is 0 Å². The monoisotopic (exact) mass is 1170 g/mol. The molecule has 0 aliphatic rings. The fraction of sp³-hybridized carbons (Fsp3) is 0.823. The van der Waals surface area contributed by atoms with Gasteiger partial charge in [-0.1, -0.05) is 376 Å². The van der Waals surface area contributed by atoms with Crippen molar-refractivity contribution in [1.29, 1.82) is 0 Å². The third-order valence-corrected chi connectivity index (χ3v) is 17.0. The number of carbonyl (C=O) groups is 2. The largest absolute Gasteiger partial charge is 0.462 e. The van der Waals surface area contributed by atoms with E-state index in [2.05, 4.69) is 86.8 Å². The van der Waals surface area contributed by atoms with Crippen LogP contribution in [0.25, 0.3) is 0 Å². The highest BCUT2D eigenvalue weighted by Crippen LogP contribution is 2.19. The van der Waals surface area contributed by atoms with Gasteiger partial charge < -0.3 is 14.6 Å². The number of hydrogen-bond acceptors (Lipinski definition) is 5. The Morgan fingerprint density at radius 1 is 0.286 bits per heavy atom. The number of aliphatic hydroxyl groups excluding tert-OH is 1. The smallest absolute Gasteiger partial charge is 0.306 e. The van der Waals surface area contributed by atoms with Crippen molar-refractivity contribution in [3.8, 4) is 0 Å². The van der Waals surface area contributed by atoms with E-state index in [0.29, 0.717) is 12.8 Å². The van der Waals surface area contributed by atoms with Crippen molar-refractivity contribution in [3.05, 3.63) is 72.9 Å². The molecule has 0 saturated heterocycles. The highest BCUT2D eigenvalue weighted by Gasteiger charge is 2.16. The second-order valence-corrected chi connectivity index (χ2v) is 25.3. The summed E-state index contributed by atoms with van der Waals surface area (Å²) in [5.74, 6) is -0.567. The molecule has 1 N–H and O–H groups in total. The molecule has 0 aliphatic heterocycles. The Labute approximate surface area is 524 Å². The van der Waals surface area contributed by atoms with Gasteiger partial charge in [-0.15, -0.1) is 0 Å². The van der Waals surface area contributed by atoms with Crippen LogP contribution in [0.15, 0.2) is 72.9 Å². The molecule has 1 atom stereocenters. The summed E-state index contributed by atoms with van der Waals surface area (Å²) >= 11 is 0. The van der Waals surface area contributed by atoms with Crippen molar-refractivity contribution >= 4 is 11.9 Å². The van der Waals surface area contributed by atoms with Crippen LogP contribution in [0, 0.1) is 0 Å². The van der Waals surface area contributed by atoms with Crippen LogP contribution in [0.4, 0.5) is 0 Å². The third-order valence-electron chi connectivity index (χ3n) is 17.0. The van der Waals surface area contributed by atoms with E-state index in [-0.39, 0.29) is 25.2 Å². The lowest BCUT2D eigenvalue weighted by atomic mass is 10.0. The Morgan fingerprint density at radius 3 is 0.774 bits per heavy atom. The van der Waals surface area contributed by atoms with Gasteiger partial charge >= 0.3 is 11.9 Å². The summed E-state index contributed by atoms with van der Waals surface area (Å²) in [4.78, 5) is 24.7. The number of aliphatic hydroxyl groups is 1. The molecular weight excluding hydrogens is 1030 g/mol. The first-order valence-electron chi connectivity index (χ1n) is 37.5. The normalized spacial score (nSPS) is 12.6. The number of rotatable bonds is 70. The average Bonchev–Trinajstić information content (AvgIpc) is 3.51. The van der Waals surface area contributed by atoms with Crippen molar-refractivity contribution < 1.29 is 24.2 Å². The van der Waals surface area contributed by atoms with Crippen LogP contribution >= 0.6 is 0 Å². The van der Waals surface area contributed by atoms with E-state index < -0.39 is 6.10 Å². The van der Waals surface area contributed by atoms with Crippen LogP contribution < -0.4 is 0 Å². The summed E-state index contributed by atoms with van der Waals surface area (Å²) in [7, 11) is 0. The maximum atomic E-state index is 12.4. The molecule has 5 heteroatoms. The van der Waals surface area contributed by atoms with Gasteiger partial charge in [0.2, 0.25) is 0 Å². The van der Waals surface area contributed by atoms with Gasteiger partial charge in [-0.05, 0) is 83.5 Å². The minimum Gasteiger partial charge on any atom is -0.462 e. The van der Waals surface area contributed by atoms with E-state index in [9.17, 15) is 14.7 Å². The van der Waals surface area contributed by atoms with E-state index in [1.807, 2.05) is 0 Å². The summed E-state index contributed by atoms with van der Waals surface area (Å²) in [6.45, 7) is 4.07. The van der Waals surface area contributed by atoms with Crippen LogP contribution in [0.3, 0.4) is 0 Å². The predicted octanol–water partition coefficient (Wildman–Crippen LogP) is 26.2. The molecule has 490 valence electrons. The zero-order valence-corrected chi connectivity index (χ0v) is 56.4. The summed E-state index contributed by atoms with van der Waals surface area (Å²) in [6.07, 6.45) is 104. The van der Waals surface area contributed by atoms with E-state index in [0.717, 1.165) is 70.6 Å². The summed E-state index contributed by atoms with van der Waals surface area (Å²) < 4.78 is 10.8. The summed E-state index contributed by atoms with van der Waals surface area (Å²) in [5.41, 5.74) is 0. The minimum atomic E-state index is -0.772. The number of esters is 2. The summed E-state index contributed by atoms with van der Waals surface area (Å²) in [6, 6.07) is 0. The Morgan fingerprint density at radius 2 is 0.512 bits per heavy atom. The van der Waals surface area contributed by atoms with Crippen molar-refractivity contribution in [2.24, 2.45) is 0 Å². The number of ether oxygens (including phenoxy) is 2. The van der Waals surface area contributed by atoms with Crippen LogP contribution in [-0.2, 0) is 19.1 Å². The van der Waals surface area contributed by atoms with Crippen LogP contribution in [0.5, 0.6) is 0 Å². The van der Waals surface area contributed by atoms with E-state index in [4.69, 9.17) is 9.47 Å². The average molecular weight is 1170 g/mol. The first kappa shape index (κ1) is 81.3. The molecule has 0 heterocycles. The fourth-order valence-corrected chi connectivity index (χ4v) is 11.4. The van der Waals surface area contributed by atoms with Gasteiger partial charge in [-0.25, -0.2) is 0 Å². The maximum Gasteiger partial charge on any atom is 0.306 e. The van der Waals surface area contributed by atoms with Crippen LogP contribution in [0.1, 0.15) is 399 Å². The molecule has 1 unspecified atom stereocenters. The molecule has 0 rings (SSSR count). The predicted molar refractivity (Wildman–Crippen MR) is 371 cm³/mol. The van der Waals surface area contributed by atoms with E-state index >= 15 is 0 Å². The van der Waals surface area contributed by atoms with Gasteiger partial charge in [0.15, 0.2) is 6.10 Å². The van der Waals surface area contributed by atoms with Crippen molar-refractivity contribution in [2.45, 2.75) is 405 Å². The van der Waals surface area contributed by atoms with Gasteiger partial charge in [-0.2, -0.15) is 0 Å². The molecule has 0 amide bonds. The Kier molecular flexibility index (Phi) is 72.2. The van der Waals surface area contributed by atoms with Gasteiger partial charge in [-0.3, -0.25) is 9.59 Å². The van der Waals surface area contributed by atoms with Gasteiger partial charge in [0.05, 0.1) is 6.61 Å².